The SMILES string of the molecule is CCCCCCCCCCCCCC(=O)NCCOCCO. The second-order valence-electron chi connectivity index (χ2n) is 5.97. The predicted octanol–water partition coefficient (Wildman–Crippen LogP) is 3.81. The third-order valence-electron chi connectivity index (χ3n) is 3.81. The molecule has 1 amide bonds. The minimum atomic E-state index is 0.0344. The average molecular weight is 315 g/mol. The number of carbonyl (C=O) groups is 1. The Bertz CT molecular complexity index is 234. The minimum Gasteiger partial charge on any atom is -0.394 e. The fraction of sp³-hybridized carbons (Fsp3) is 0.944. The van der Waals surface area contributed by atoms with Crippen molar-refractivity contribution in [2.75, 3.05) is 26.4 Å². The zero-order valence-electron chi connectivity index (χ0n) is 14.6. The van der Waals surface area contributed by atoms with Crippen LogP contribution in [0.25, 0.3) is 0 Å². The van der Waals surface area contributed by atoms with Crippen LogP contribution in [0, 0.1) is 0 Å². The van der Waals surface area contributed by atoms with Crippen molar-refractivity contribution >= 4 is 5.91 Å². The van der Waals surface area contributed by atoms with E-state index in [2.05, 4.69) is 12.2 Å². The lowest BCUT2D eigenvalue weighted by Gasteiger charge is -2.06. The molecule has 0 unspecified atom stereocenters. The van der Waals surface area contributed by atoms with Gasteiger partial charge in [0.1, 0.15) is 0 Å². The number of carbonyl (C=O) groups excluding carboxylic acids is 1. The smallest absolute Gasteiger partial charge is 0.220 e. The zero-order chi connectivity index (χ0) is 16.3. The highest BCUT2D eigenvalue weighted by atomic mass is 16.5. The molecule has 2 N–H and O–H groups in total. The van der Waals surface area contributed by atoms with Gasteiger partial charge in [-0.3, -0.25) is 4.79 Å². The molecule has 4 nitrogen and oxygen atoms in total. The molecule has 132 valence electrons. The highest BCUT2D eigenvalue weighted by Gasteiger charge is 2.00. The van der Waals surface area contributed by atoms with E-state index in [9.17, 15) is 4.79 Å². The van der Waals surface area contributed by atoms with Crippen molar-refractivity contribution in [1.29, 1.82) is 0 Å². The highest BCUT2D eigenvalue weighted by Crippen LogP contribution is 2.11. The number of nitrogens with one attached hydrogen (secondary N) is 1. The summed E-state index contributed by atoms with van der Waals surface area (Å²) in [5.74, 6) is 0.114. The maximum Gasteiger partial charge on any atom is 0.220 e. The Morgan fingerprint density at radius 2 is 1.41 bits per heavy atom. The minimum absolute atomic E-state index is 0.0344. The summed E-state index contributed by atoms with van der Waals surface area (Å²) in [4.78, 5) is 11.5. The van der Waals surface area contributed by atoms with Gasteiger partial charge in [0, 0.05) is 13.0 Å². The molecular weight excluding hydrogens is 278 g/mol. The standard InChI is InChI=1S/C18H37NO3/c1-2-3-4-5-6-7-8-9-10-11-12-13-18(21)19-14-16-22-17-15-20/h20H,2-17H2,1H3,(H,19,21). The molecule has 0 aliphatic carbocycles. The number of amides is 1. The molecule has 0 saturated carbocycles. The quantitative estimate of drug-likeness (QED) is 0.401. The lowest BCUT2D eigenvalue weighted by atomic mass is 10.1. The van der Waals surface area contributed by atoms with Crippen LogP contribution in [0.1, 0.15) is 84.0 Å². The fourth-order valence-corrected chi connectivity index (χ4v) is 2.47. The number of unbranched alkanes of at least 4 members (excludes halogenated alkanes) is 10. The third-order valence-corrected chi connectivity index (χ3v) is 3.81. The molecule has 0 atom stereocenters. The van der Waals surface area contributed by atoms with Crippen LogP contribution in [0.3, 0.4) is 0 Å². The first-order chi connectivity index (χ1) is 10.8. The van der Waals surface area contributed by atoms with Gasteiger partial charge in [-0.05, 0) is 6.42 Å². The summed E-state index contributed by atoms with van der Waals surface area (Å²) in [6.07, 6.45) is 14.9. The van der Waals surface area contributed by atoms with Crippen LogP contribution in [0.5, 0.6) is 0 Å². The van der Waals surface area contributed by atoms with Crippen molar-refractivity contribution in [1.82, 2.24) is 5.32 Å². The van der Waals surface area contributed by atoms with Crippen molar-refractivity contribution in [3.63, 3.8) is 0 Å². The number of hydrogen-bond acceptors (Lipinski definition) is 3. The summed E-state index contributed by atoms with van der Waals surface area (Å²) in [5, 5.41) is 11.4. The lowest BCUT2D eigenvalue weighted by Crippen LogP contribution is -2.27. The first kappa shape index (κ1) is 21.4. The normalized spacial score (nSPS) is 10.8. The van der Waals surface area contributed by atoms with E-state index in [0.29, 0.717) is 26.2 Å². The Hall–Kier alpha value is -0.610. The second-order valence-corrected chi connectivity index (χ2v) is 5.97. The molecule has 0 saturated heterocycles. The van der Waals surface area contributed by atoms with E-state index in [0.717, 1.165) is 12.8 Å². The molecule has 0 aliphatic heterocycles. The summed E-state index contributed by atoms with van der Waals surface area (Å²) in [7, 11) is 0. The van der Waals surface area contributed by atoms with E-state index in [-0.39, 0.29) is 12.5 Å². The van der Waals surface area contributed by atoms with E-state index in [1.807, 2.05) is 0 Å². The number of hydrogen-bond donors (Lipinski definition) is 2. The van der Waals surface area contributed by atoms with E-state index in [1.165, 1.54) is 57.8 Å². The highest BCUT2D eigenvalue weighted by molar-refractivity contribution is 5.75. The van der Waals surface area contributed by atoms with Gasteiger partial charge in [0.05, 0.1) is 19.8 Å². The van der Waals surface area contributed by atoms with E-state index >= 15 is 0 Å². The fourth-order valence-electron chi connectivity index (χ4n) is 2.47. The lowest BCUT2D eigenvalue weighted by molar-refractivity contribution is -0.121. The Balaban J connectivity index is 3.10. The van der Waals surface area contributed by atoms with Crippen molar-refractivity contribution in [2.24, 2.45) is 0 Å². The first-order valence-electron chi connectivity index (χ1n) is 9.26. The number of aliphatic hydroxyl groups excluding tert-OH is 1. The van der Waals surface area contributed by atoms with Gasteiger partial charge in [-0.1, -0.05) is 71.1 Å². The molecule has 0 fully saturated rings. The summed E-state index contributed by atoms with van der Waals surface area (Å²) in [5.41, 5.74) is 0. The van der Waals surface area contributed by atoms with Gasteiger partial charge in [-0.2, -0.15) is 0 Å². The summed E-state index contributed by atoms with van der Waals surface area (Å²) < 4.78 is 5.08. The Morgan fingerprint density at radius 1 is 0.864 bits per heavy atom. The van der Waals surface area contributed by atoms with Crippen LogP contribution in [-0.4, -0.2) is 37.4 Å². The van der Waals surface area contributed by atoms with Gasteiger partial charge in [0.2, 0.25) is 5.91 Å². The molecule has 0 heterocycles. The van der Waals surface area contributed by atoms with Gasteiger partial charge in [0.25, 0.3) is 0 Å². The maximum atomic E-state index is 11.5. The summed E-state index contributed by atoms with van der Waals surface area (Å²) in [6, 6.07) is 0. The summed E-state index contributed by atoms with van der Waals surface area (Å²) in [6.45, 7) is 3.65. The number of aliphatic hydroxyl groups is 1. The molecule has 0 aromatic rings. The molecule has 0 bridgehead atoms. The van der Waals surface area contributed by atoms with Crippen LogP contribution in [0.4, 0.5) is 0 Å². The van der Waals surface area contributed by atoms with E-state index in [1.54, 1.807) is 0 Å². The van der Waals surface area contributed by atoms with Crippen molar-refractivity contribution in [3.8, 4) is 0 Å². The Kier molecular flexibility index (Phi) is 17.9. The molecule has 4 heteroatoms. The Morgan fingerprint density at radius 3 is 1.95 bits per heavy atom. The van der Waals surface area contributed by atoms with Crippen LogP contribution in [0.2, 0.25) is 0 Å². The van der Waals surface area contributed by atoms with Crippen molar-refractivity contribution in [3.05, 3.63) is 0 Å². The van der Waals surface area contributed by atoms with Gasteiger partial charge in [-0.25, -0.2) is 0 Å². The topological polar surface area (TPSA) is 58.6 Å². The van der Waals surface area contributed by atoms with Crippen LogP contribution in [0.15, 0.2) is 0 Å². The van der Waals surface area contributed by atoms with Gasteiger partial charge >= 0.3 is 0 Å². The molecule has 0 spiro atoms. The first-order valence-corrected chi connectivity index (χ1v) is 9.26. The Labute approximate surface area is 137 Å². The summed E-state index contributed by atoms with van der Waals surface area (Å²) >= 11 is 0. The molecule has 0 aromatic heterocycles. The predicted molar refractivity (Wildman–Crippen MR) is 92.0 cm³/mol. The van der Waals surface area contributed by atoms with Crippen LogP contribution >= 0.6 is 0 Å². The zero-order valence-corrected chi connectivity index (χ0v) is 14.6. The largest absolute Gasteiger partial charge is 0.394 e. The molecule has 0 radical (unpaired) electrons. The van der Waals surface area contributed by atoms with Crippen LogP contribution < -0.4 is 5.32 Å². The molecule has 0 rings (SSSR count). The van der Waals surface area contributed by atoms with Gasteiger partial charge < -0.3 is 15.2 Å². The third kappa shape index (κ3) is 17.4. The monoisotopic (exact) mass is 315 g/mol. The number of ether oxygens (including phenoxy) is 1. The van der Waals surface area contributed by atoms with Crippen LogP contribution in [-0.2, 0) is 9.53 Å². The molecule has 0 aromatic carbocycles. The molecule has 0 aliphatic rings. The van der Waals surface area contributed by atoms with Gasteiger partial charge in [0.15, 0.2) is 0 Å². The molecule has 22 heavy (non-hydrogen) atoms. The average Bonchev–Trinajstić information content (AvgIpc) is 2.52. The number of rotatable bonds is 17. The van der Waals surface area contributed by atoms with Crippen molar-refractivity contribution in [2.45, 2.75) is 84.0 Å². The second kappa shape index (κ2) is 18.4. The van der Waals surface area contributed by atoms with Crippen molar-refractivity contribution < 1.29 is 14.6 Å². The maximum absolute atomic E-state index is 11.5. The van der Waals surface area contributed by atoms with E-state index < -0.39 is 0 Å². The van der Waals surface area contributed by atoms with Gasteiger partial charge in [-0.15, -0.1) is 0 Å². The van der Waals surface area contributed by atoms with E-state index in [4.69, 9.17) is 9.84 Å². The molecular formula is C18H37NO3.